The summed E-state index contributed by atoms with van der Waals surface area (Å²) in [5.74, 6) is 0. The normalized spacial score (nSPS) is 13.8. The Morgan fingerprint density at radius 3 is 1.92 bits per heavy atom. The fraction of sp³-hybridized carbons (Fsp3) is 0.0612. The highest BCUT2D eigenvalue weighted by molar-refractivity contribution is 7.26. The van der Waals surface area contributed by atoms with Gasteiger partial charge in [0.05, 0.1) is 11.0 Å². The molecule has 51 heavy (non-hydrogen) atoms. The summed E-state index contributed by atoms with van der Waals surface area (Å²) in [6.45, 7) is 4.85. The maximum Gasteiger partial charge on any atom is 0.0595 e. The van der Waals surface area contributed by atoms with Gasteiger partial charge in [0.15, 0.2) is 0 Å². The second-order valence-electron chi connectivity index (χ2n) is 14.8. The molecule has 0 radical (unpaired) electrons. The summed E-state index contributed by atoms with van der Waals surface area (Å²) in [7, 11) is 0. The zero-order valence-electron chi connectivity index (χ0n) is 28.3. The summed E-state index contributed by atoms with van der Waals surface area (Å²) in [5, 5.41) is 8.10. The summed E-state index contributed by atoms with van der Waals surface area (Å²) >= 11 is 1.95. The molecular weight excluding hydrogens is 635 g/mol. The highest BCUT2D eigenvalue weighted by Crippen LogP contribution is 2.59. The van der Waals surface area contributed by atoms with Crippen molar-refractivity contribution < 1.29 is 0 Å². The van der Waals surface area contributed by atoms with E-state index in [9.17, 15) is 0 Å². The Balaban J connectivity index is 1.15. The van der Waals surface area contributed by atoms with Crippen molar-refractivity contribution in [2.75, 3.05) is 0 Å². The monoisotopic (exact) mass is 665 g/mol. The second kappa shape index (κ2) is 9.63. The van der Waals surface area contributed by atoms with Crippen molar-refractivity contribution >= 4 is 64.1 Å². The first-order chi connectivity index (χ1) is 25.1. The van der Waals surface area contributed by atoms with Crippen molar-refractivity contribution in [2.24, 2.45) is 0 Å². The molecule has 8 aromatic carbocycles. The first-order valence-electron chi connectivity index (χ1n) is 17.9. The molecule has 2 aliphatic carbocycles. The number of benzene rings is 8. The molecule has 12 rings (SSSR count). The van der Waals surface area contributed by atoms with Gasteiger partial charge in [-0.2, -0.15) is 0 Å². The number of hydrogen-bond acceptors (Lipinski definition) is 1. The van der Waals surface area contributed by atoms with Gasteiger partial charge in [0.25, 0.3) is 0 Å². The molecule has 2 aliphatic rings. The molecule has 0 saturated heterocycles. The molecule has 2 heterocycles. The number of thiophene rings is 1. The van der Waals surface area contributed by atoms with Crippen LogP contribution in [0.1, 0.15) is 25.0 Å². The van der Waals surface area contributed by atoms with Crippen molar-refractivity contribution in [3.63, 3.8) is 0 Å². The standard InChI is InChI=1S/C49H31NS/c1-49(2)39-19-8-5-14-36(39)45-46(49)47-43(44-38-16-7-10-21-41(38)51-48(44)45)37-15-6-9-20-40(37)50(47)29-24-22-28(23-25-29)30-26-27-35-32-13-4-3-12-31(32)34-18-11-17-33(30)42(34)35/h3-27H,1-2H3. The Morgan fingerprint density at radius 1 is 0.471 bits per heavy atom. The third-order valence-corrected chi connectivity index (χ3v) is 13.1. The fourth-order valence-electron chi connectivity index (χ4n) is 9.80. The molecule has 2 aromatic heterocycles. The van der Waals surface area contributed by atoms with Crippen LogP contribution in [0.5, 0.6) is 0 Å². The highest BCUT2D eigenvalue weighted by atomic mass is 32.1. The lowest BCUT2D eigenvalue weighted by Crippen LogP contribution is -2.16. The van der Waals surface area contributed by atoms with Crippen LogP contribution in [-0.4, -0.2) is 4.57 Å². The zero-order valence-corrected chi connectivity index (χ0v) is 29.1. The van der Waals surface area contributed by atoms with Crippen LogP contribution in [0.15, 0.2) is 152 Å². The van der Waals surface area contributed by atoms with E-state index in [0.29, 0.717) is 0 Å². The van der Waals surface area contributed by atoms with Crippen LogP contribution in [0.4, 0.5) is 0 Å². The number of rotatable bonds is 2. The van der Waals surface area contributed by atoms with Crippen molar-refractivity contribution in [1.29, 1.82) is 0 Å². The number of fused-ring (bicyclic) bond motifs is 15. The Kier molecular flexibility index (Phi) is 5.25. The van der Waals surface area contributed by atoms with E-state index in [2.05, 4.69) is 170 Å². The molecule has 0 atom stereocenters. The molecule has 0 unspecified atom stereocenters. The summed E-state index contributed by atoms with van der Waals surface area (Å²) in [6, 6.07) is 56.8. The average molecular weight is 666 g/mol. The minimum Gasteiger partial charge on any atom is -0.309 e. The predicted molar refractivity (Wildman–Crippen MR) is 219 cm³/mol. The van der Waals surface area contributed by atoms with E-state index < -0.39 is 0 Å². The maximum absolute atomic E-state index is 2.57. The van der Waals surface area contributed by atoms with E-state index in [-0.39, 0.29) is 5.41 Å². The van der Waals surface area contributed by atoms with Crippen LogP contribution in [0, 0.1) is 0 Å². The van der Waals surface area contributed by atoms with Crippen LogP contribution in [0.3, 0.4) is 0 Å². The Bertz CT molecular complexity index is 3120. The van der Waals surface area contributed by atoms with Crippen LogP contribution in [-0.2, 0) is 5.41 Å². The zero-order chi connectivity index (χ0) is 33.6. The Labute approximate surface area is 299 Å². The number of hydrogen-bond donors (Lipinski definition) is 0. The van der Waals surface area contributed by atoms with E-state index in [1.165, 1.54) is 114 Å². The Morgan fingerprint density at radius 2 is 1.10 bits per heavy atom. The maximum atomic E-state index is 2.57. The van der Waals surface area contributed by atoms with E-state index in [4.69, 9.17) is 0 Å². The molecule has 238 valence electrons. The summed E-state index contributed by atoms with van der Waals surface area (Å²) in [6.07, 6.45) is 0. The summed E-state index contributed by atoms with van der Waals surface area (Å²) in [4.78, 5) is 0. The smallest absolute Gasteiger partial charge is 0.0595 e. The van der Waals surface area contributed by atoms with Gasteiger partial charge in [-0.1, -0.05) is 141 Å². The molecule has 0 spiro atoms. The van der Waals surface area contributed by atoms with Crippen LogP contribution in [0.25, 0.3) is 103 Å². The molecule has 0 amide bonds. The molecule has 0 fully saturated rings. The average Bonchev–Trinajstić information content (AvgIpc) is 3.89. The minimum atomic E-state index is -0.164. The van der Waals surface area contributed by atoms with Gasteiger partial charge < -0.3 is 4.57 Å². The minimum absolute atomic E-state index is 0.164. The van der Waals surface area contributed by atoms with E-state index >= 15 is 0 Å². The SMILES string of the molecule is CC1(C)c2ccccc2-c2c1c1c(c3ccccc3n1-c1ccc(-c3ccc4c5c(cccc35)-c3ccccc3-4)cc1)c1c2sc2ccccc21. The van der Waals surface area contributed by atoms with Gasteiger partial charge in [-0.3, -0.25) is 0 Å². The van der Waals surface area contributed by atoms with Crippen molar-refractivity contribution in [3.8, 4) is 50.2 Å². The van der Waals surface area contributed by atoms with Gasteiger partial charge in [-0.05, 0) is 85.1 Å². The summed E-state index contributed by atoms with van der Waals surface area (Å²) in [5.41, 5.74) is 17.1. The topological polar surface area (TPSA) is 4.93 Å². The lowest BCUT2D eigenvalue weighted by molar-refractivity contribution is 0.664. The quantitative estimate of drug-likeness (QED) is 0.173. The molecule has 0 aliphatic heterocycles. The molecule has 0 N–H and O–H groups in total. The van der Waals surface area contributed by atoms with Gasteiger partial charge in [0.2, 0.25) is 0 Å². The summed E-state index contributed by atoms with van der Waals surface area (Å²) < 4.78 is 5.32. The number of aromatic nitrogens is 1. The fourth-order valence-corrected chi connectivity index (χ4v) is 11.1. The largest absolute Gasteiger partial charge is 0.309 e. The molecular formula is C49H31NS. The first-order valence-corrected chi connectivity index (χ1v) is 18.7. The lowest BCUT2D eigenvalue weighted by atomic mass is 9.81. The molecule has 2 heteroatoms. The number of para-hydroxylation sites is 1. The third kappa shape index (κ3) is 3.41. The molecule has 0 saturated carbocycles. The van der Waals surface area contributed by atoms with Gasteiger partial charge in [0, 0.05) is 47.6 Å². The first kappa shape index (κ1) is 27.8. The Hall–Kier alpha value is -5.96. The molecule has 0 bridgehead atoms. The lowest BCUT2D eigenvalue weighted by Gasteiger charge is -2.24. The van der Waals surface area contributed by atoms with Crippen molar-refractivity contribution in [1.82, 2.24) is 4.57 Å². The van der Waals surface area contributed by atoms with Gasteiger partial charge in [-0.25, -0.2) is 0 Å². The van der Waals surface area contributed by atoms with Gasteiger partial charge >= 0.3 is 0 Å². The van der Waals surface area contributed by atoms with Crippen molar-refractivity contribution in [3.05, 3.63) is 163 Å². The van der Waals surface area contributed by atoms with E-state index in [1.54, 1.807) is 0 Å². The predicted octanol–water partition coefficient (Wildman–Crippen LogP) is 13.9. The highest BCUT2D eigenvalue weighted by Gasteiger charge is 2.41. The van der Waals surface area contributed by atoms with Crippen LogP contribution >= 0.6 is 11.3 Å². The van der Waals surface area contributed by atoms with Gasteiger partial charge in [-0.15, -0.1) is 11.3 Å². The van der Waals surface area contributed by atoms with E-state index in [1.807, 2.05) is 11.3 Å². The van der Waals surface area contributed by atoms with Crippen LogP contribution in [0.2, 0.25) is 0 Å². The van der Waals surface area contributed by atoms with Crippen molar-refractivity contribution in [2.45, 2.75) is 19.3 Å². The van der Waals surface area contributed by atoms with Gasteiger partial charge in [0.1, 0.15) is 0 Å². The number of nitrogens with zero attached hydrogens (tertiary/aromatic N) is 1. The third-order valence-electron chi connectivity index (χ3n) is 11.9. The van der Waals surface area contributed by atoms with E-state index in [0.717, 1.165) is 0 Å². The molecule has 10 aromatic rings. The second-order valence-corrected chi connectivity index (χ2v) is 15.8. The van der Waals surface area contributed by atoms with Crippen LogP contribution < -0.4 is 0 Å². The molecule has 1 nitrogen and oxygen atoms in total.